The van der Waals surface area contributed by atoms with Crippen molar-refractivity contribution in [2.45, 2.75) is 46.6 Å². The van der Waals surface area contributed by atoms with Crippen LogP contribution >= 0.6 is 11.6 Å². The van der Waals surface area contributed by atoms with E-state index in [1.54, 1.807) is 31.2 Å². The van der Waals surface area contributed by atoms with Crippen molar-refractivity contribution in [3.05, 3.63) is 85.6 Å². The van der Waals surface area contributed by atoms with Crippen LogP contribution in [0.2, 0.25) is 5.02 Å². The van der Waals surface area contributed by atoms with Crippen LogP contribution in [-0.2, 0) is 34.0 Å². The summed E-state index contributed by atoms with van der Waals surface area (Å²) >= 11 is 5.99. The molecule has 35 heavy (non-hydrogen) atoms. The van der Waals surface area contributed by atoms with E-state index < -0.39 is 23.3 Å². The summed E-state index contributed by atoms with van der Waals surface area (Å²) < 4.78 is 12.6. The number of carbonyl (C=O) groups is 1. The molecule has 1 atom stereocenters. The molecule has 0 bridgehead atoms. The largest absolute Gasteiger partial charge is 0.469 e. The normalized spacial score (nSPS) is 11.9. The number of benzene rings is 2. The highest BCUT2D eigenvalue weighted by atomic mass is 35.5. The average Bonchev–Trinajstić information content (AvgIpc) is 2.84. The Kier molecular flexibility index (Phi) is 8.84. The number of anilines is 2. The number of nitrogens with zero attached hydrogens (tertiary/aromatic N) is 3. The van der Waals surface area contributed by atoms with Gasteiger partial charge in [0.05, 0.1) is 32.3 Å². The Morgan fingerprint density at radius 3 is 2.23 bits per heavy atom. The Bertz CT molecular complexity index is 1270. The fourth-order valence-corrected chi connectivity index (χ4v) is 3.45. The standard InChI is InChI=1S/C25H29ClN4O5/c1-16(2)35-15-19-7-11-21(12-8-19)27-23-28-24(32)30(13-17(3)22(31)34-4)25(33)29(23)14-18-5-9-20(26)10-6-18/h5-12,16-17H,13-15H2,1-4H3,(H,27,28,32)/t17-/m0/s1. The van der Waals surface area contributed by atoms with Crippen LogP contribution in [0.5, 0.6) is 0 Å². The molecule has 1 aromatic heterocycles. The van der Waals surface area contributed by atoms with Crippen molar-refractivity contribution in [1.82, 2.24) is 14.1 Å². The number of esters is 1. The summed E-state index contributed by atoms with van der Waals surface area (Å²) in [5, 5.41) is 3.64. The molecule has 0 saturated carbocycles. The second-order valence-electron chi connectivity index (χ2n) is 8.43. The lowest BCUT2D eigenvalue weighted by Crippen LogP contribution is -2.44. The highest BCUT2D eigenvalue weighted by Gasteiger charge is 2.20. The Labute approximate surface area is 208 Å². The maximum absolute atomic E-state index is 13.4. The SMILES string of the molecule is COC(=O)[C@@H](C)Cn1c(=O)nc(Nc2ccc(COC(C)C)cc2)n(Cc2ccc(Cl)cc2)c1=O. The van der Waals surface area contributed by atoms with Gasteiger partial charge in [0.15, 0.2) is 0 Å². The van der Waals surface area contributed by atoms with Gasteiger partial charge >= 0.3 is 17.3 Å². The van der Waals surface area contributed by atoms with Crippen LogP contribution < -0.4 is 16.7 Å². The summed E-state index contributed by atoms with van der Waals surface area (Å²) in [6.45, 7) is 5.98. The average molecular weight is 501 g/mol. The lowest BCUT2D eigenvalue weighted by atomic mass is 10.2. The maximum atomic E-state index is 13.4. The molecule has 0 aliphatic carbocycles. The van der Waals surface area contributed by atoms with Crippen molar-refractivity contribution < 1.29 is 14.3 Å². The van der Waals surface area contributed by atoms with Gasteiger partial charge < -0.3 is 14.8 Å². The molecule has 186 valence electrons. The zero-order chi connectivity index (χ0) is 25.5. The summed E-state index contributed by atoms with van der Waals surface area (Å²) in [7, 11) is 1.26. The minimum atomic E-state index is -0.762. The van der Waals surface area contributed by atoms with Crippen molar-refractivity contribution in [2.24, 2.45) is 5.92 Å². The van der Waals surface area contributed by atoms with Crippen LogP contribution in [0.4, 0.5) is 11.6 Å². The van der Waals surface area contributed by atoms with Gasteiger partial charge in [-0.05, 0) is 49.2 Å². The number of rotatable bonds is 10. The molecular formula is C25H29ClN4O5. The van der Waals surface area contributed by atoms with Gasteiger partial charge in [0.1, 0.15) is 0 Å². The predicted molar refractivity (Wildman–Crippen MR) is 134 cm³/mol. The van der Waals surface area contributed by atoms with Gasteiger partial charge in [-0.25, -0.2) is 14.2 Å². The first-order valence-electron chi connectivity index (χ1n) is 11.2. The quantitative estimate of drug-likeness (QED) is 0.424. The Hall–Kier alpha value is -3.43. The van der Waals surface area contributed by atoms with E-state index in [0.717, 1.165) is 15.7 Å². The molecule has 0 fully saturated rings. The second-order valence-corrected chi connectivity index (χ2v) is 8.87. The fourth-order valence-electron chi connectivity index (χ4n) is 3.32. The second kappa shape index (κ2) is 11.8. The molecular weight excluding hydrogens is 472 g/mol. The smallest absolute Gasteiger partial charge is 0.354 e. The molecule has 0 aliphatic rings. The third kappa shape index (κ3) is 7.03. The molecule has 1 N–H and O–H groups in total. The Morgan fingerprint density at radius 1 is 1.00 bits per heavy atom. The first kappa shape index (κ1) is 26.2. The third-order valence-corrected chi connectivity index (χ3v) is 5.51. The number of carbonyl (C=O) groups excluding carboxylic acids is 1. The number of aromatic nitrogens is 3. The van der Waals surface area contributed by atoms with Gasteiger partial charge in [-0.2, -0.15) is 4.98 Å². The highest BCUT2D eigenvalue weighted by molar-refractivity contribution is 6.30. The number of methoxy groups -OCH3 is 1. The van der Waals surface area contributed by atoms with Crippen molar-refractivity contribution in [2.75, 3.05) is 12.4 Å². The number of halogens is 1. The molecule has 0 saturated heterocycles. The highest BCUT2D eigenvalue weighted by Crippen LogP contribution is 2.17. The van der Waals surface area contributed by atoms with Crippen molar-refractivity contribution in [3.63, 3.8) is 0 Å². The van der Waals surface area contributed by atoms with Gasteiger partial charge in [-0.1, -0.05) is 42.8 Å². The van der Waals surface area contributed by atoms with E-state index in [-0.39, 0.29) is 25.1 Å². The molecule has 0 spiro atoms. The van der Waals surface area contributed by atoms with Crippen LogP contribution in [0.1, 0.15) is 31.9 Å². The molecule has 0 radical (unpaired) electrons. The van der Waals surface area contributed by atoms with E-state index in [1.165, 1.54) is 11.7 Å². The third-order valence-electron chi connectivity index (χ3n) is 5.26. The lowest BCUT2D eigenvalue weighted by Gasteiger charge is -2.17. The summed E-state index contributed by atoms with van der Waals surface area (Å²) in [4.78, 5) is 42.1. The molecule has 2 aromatic carbocycles. The molecule has 0 amide bonds. The number of hydrogen-bond acceptors (Lipinski definition) is 7. The van der Waals surface area contributed by atoms with E-state index in [1.807, 2.05) is 38.1 Å². The molecule has 10 heteroatoms. The topological polar surface area (TPSA) is 104 Å². The number of nitrogens with one attached hydrogen (secondary N) is 1. The maximum Gasteiger partial charge on any atom is 0.354 e. The van der Waals surface area contributed by atoms with Gasteiger partial charge in [0.2, 0.25) is 5.95 Å². The lowest BCUT2D eigenvalue weighted by molar-refractivity contribution is -0.145. The van der Waals surface area contributed by atoms with Crippen molar-refractivity contribution >= 4 is 29.2 Å². The molecule has 3 rings (SSSR count). The van der Waals surface area contributed by atoms with Gasteiger partial charge in [0.25, 0.3) is 0 Å². The van der Waals surface area contributed by atoms with E-state index >= 15 is 0 Å². The van der Waals surface area contributed by atoms with Crippen LogP contribution in [-0.4, -0.2) is 33.3 Å². The minimum absolute atomic E-state index is 0.0862. The first-order valence-corrected chi connectivity index (χ1v) is 11.6. The fraction of sp³-hybridized carbons (Fsp3) is 0.360. The Morgan fingerprint density at radius 2 is 1.63 bits per heavy atom. The monoisotopic (exact) mass is 500 g/mol. The van der Waals surface area contributed by atoms with E-state index in [0.29, 0.717) is 17.3 Å². The first-order chi connectivity index (χ1) is 16.7. The zero-order valence-electron chi connectivity index (χ0n) is 20.2. The van der Waals surface area contributed by atoms with Crippen LogP contribution in [0.25, 0.3) is 0 Å². The summed E-state index contributed by atoms with van der Waals surface area (Å²) in [6, 6.07) is 14.4. The molecule has 0 aliphatic heterocycles. The van der Waals surface area contributed by atoms with Gasteiger partial charge in [-0.15, -0.1) is 0 Å². The number of hydrogen-bond donors (Lipinski definition) is 1. The van der Waals surface area contributed by atoms with Crippen molar-refractivity contribution in [3.8, 4) is 0 Å². The Balaban J connectivity index is 1.97. The van der Waals surface area contributed by atoms with E-state index in [2.05, 4.69) is 10.3 Å². The molecule has 1 heterocycles. The van der Waals surface area contributed by atoms with Crippen LogP contribution in [0, 0.1) is 5.92 Å². The molecule has 3 aromatic rings. The van der Waals surface area contributed by atoms with Crippen LogP contribution in [0.15, 0.2) is 58.1 Å². The minimum Gasteiger partial charge on any atom is -0.469 e. The van der Waals surface area contributed by atoms with Gasteiger partial charge in [-0.3, -0.25) is 9.36 Å². The van der Waals surface area contributed by atoms with E-state index in [4.69, 9.17) is 21.1 Å². The summed E-state index contributed by atoms with van der Waals surface area (Å²) in [5.41, 5.74) is 1.06. The zero-order valence-corrected chi connectivity index (χ0v) is 20.9. The molecule has 9 nitrogen and oxygen atoms in total. The molecule has 0 unspecified atom stereocenters. The number of ether oxygens (including phenoxy) is 2. The summed E-state index contributed by atoms with van der Waals surface area (Å²) in [5.74, 6) is -1.14. The van der Waals surface area contributed by atoms with Gasteiger partial charge in [0, 0.05) is 17.3 Å². The summed E-state index contributed by atoms with van der Waals surface area (Å²) in [6.07, 6.45) is 0.118. The van der Waals surface area contributed by atoms with Crippen LogP contribution in [0.3, 0.4) is 0 Å². The van der Waals surface area contributed by atoms with Crippen molar-refractivity contribution in [1.29, 1.82) is 0 Å². The van der Waals surface area contributed by atoms with E-state index in [9.17, 15) is 14.4 Å². The predicted octanol–water partition coefficient (Wildman–Crippen LogP) is 3.58.